The van der Waals surface area contributed by atoms with Gasteiger partial charge in [-0.15, -0.1) is 34.0 Å². The molecule has 0 aliphatic rings. The highest BCUT2D eigenvalue weighted by Crippen LogP contribution is 2.50. The van der Waals surface area contributed by atoms with Crippen molar-refractivity contribution in [2.75, 3.05) is 11.5 Å². The van der Waals surface area contributed by atoms with E-state index in [9.17, 15) is 16.8 Å². The highest BCUT2D eigenvalue weighted by atomic mass is 32.2. The Hall–Kier alpha value is -1.00. The first kappa shape index (κ1) is 32.5. The topological polar surface area (TPSA) is 68.3 Å². The van der Waals surface area contributed by atoms with Gasteiger partial charge in [0.25, 0.3) is 0 Å². The SMILES string of the molecule is CCCCCCCCS(=O)(=O)c1c(-c2ccc(C)s2)sc(-c2ccc(C)s2)c1S(=O)(=O)CCCCCCCC. The Bertz CT molecular complexity index is 1290. The molecule has 0 aromatic carbocycles. The van der Waals surface area contributed by atoms with E-state index in [0.717, 1.165) is 83.7 Å². The lowest BCUT2D eigenvalue weighted by Gasteiger charge is -2.11. The molecule has 0 N–H and O–H groups in total. The van der Waals surface area contributed by atoms with Crippen molar-refractivity contribution in [3.63, 3.8) is 0 Å². The summed E-state index contributed by atoms with van der Waals surface area (Å²) < 4.78 is 56.2. The van der Waals surface area contributed by atoms with Gasteiger partial charge >= 0.3 is 0 Å². The van der Waals surface area contributed by atoms with Gasteiger partial charge < -0.3 is 0 Å². The van der Waals surface area contributed by atoms with Crippen LogP contribution in [0.15, 0.2) is 34.1 Å². The van der Waals surface area contributed by atoms with Crippen LogP contribution in [0.25, 0.3) is 19.5 Å². The fourth-order valence-electron chi connectivity index (χ4n) is 4.75. The quantitative estimate of drug-likeness (QED) is 0.131. The molecule has 3 aromatic heterocycles. The Kier molecular flexibility index (Phi) is 12.7. The van der Waals surface area contributed by atoms with Gasteiger partial charge in [-0.05, 0) is 51.0 Å². The predicted molar refractivity (Wildman–Crippen MR) is 171 cm³/mol. The summed E-state index contributed by atoms with van der Waals surface area (Å²) in [6, 6.07) is 7.82. The zero-order chi connectivity index (χ0) is 28.5. The minimum absolute atomic E-state index is 0.0182. The van der Waals surface area contributed by atoms with E-state index in [1.165, 1.54) is 34.0 Å². The summed E-state index contributed by atoms with van der Waals surface area (Å²) in [4.78, 5) is 5.07. The first-order chi connectivity index (χ1) is 18.6. The van der Waals surface area contributed by atoms with Crippen LogP contribution in [0.2, 0.25) is 0 Å². The fourth-order valence-corrected chi connectivity index (χ4v) is 13.0. The van der Waals surface area contributed by atoms with E-state index in [2.05, 4.69) is 13.8 Å². The van der Waals surface area contributed by atoms with Crippen LogP contribution in [0.3, 0.4) is 0 Å². The molecule has 0 amide bonds. The van der Waals surface area contributed by atoms with E-state index in [1.54, 1.807) is 0 Å². The second-order valence-corrected chi connectivity index (χ2v) is 18.1. The van der Waals surface area contributed by atoms with Crippen molar-refractivity contribution in [2.45, 2.75) is 115 Å². The van der Waals surface area contributed by atoms with Gasteiger partial charge in [0.15, 0.2) is 19.7 Å². The molecule has 0 saturated carbocycles. The zero-order valence-electron chi connectivity index (χ0n) is 23.9. The first-order valence-electron chi connectivity index (χ1n) is 14.4. The second-order valence-electron chi connectivity index (χ2n) is 10.4. The average molecular weight is 629 g/mol. The van der Waals surface area contributed by atoms with Crippen molar-refractivity contribution in [2.24, 2.45) is 0 Å². The lowest BCUT2D eigenvalue weighted by molar-refractivity contribution is 0.573. The van der Waals surface area contributed by atoms with Crippen LogP contribution in [0, 0.1) is 13.8 Å². The molecule has 4 nitrogen and oxygen atoms in total. The standard InChI is InChI=1S/C30H44O4S5/c1-5-7-9-11-13-15-21-38(31,32)29-27(25-19-17-23(3)35-25)37-28(26-20-18-24(4)36-26)30(29)39(33,34)22-16-14-12-10-8-6-2/h17-20H,5-16,21-22H2,1-4H3. The number of aryl methyl sites for hydroxylation is 2. The number of hydrogen-bond donors (Lipinski definition) is 0. The molecule has 3 rings (SSSR count). The summed E-state index contributed by atoms with van der Waals surface area (Å²) in [5, 5.41) is 0. The molecule has 3 aromatic rings. The Morgan fingerprint density at radius 3 is 1.21 bits per heavy atom. The molecule has 218 valence electrons. The molecule has 3 heterocycles. The zero-order valence-corrected chi connectivity index (χ0v) is 28.0. The van der Waals surface area contributed by atoms with Gasteiger partial charge in [-0.3, -0.25) is 0 Å². The predicted octanol–water partition coefficient (Wildman–Crippen LogP) is 10.1. The third-order valence-corrected chi connectivity index (χ3v) is 14.6. The lowest BCUT2D eigenvalue weighted by atomic mass is 10.1. The third kappa shape index (κ3) is 8.99. The van der Waals surface area contributed by atoms with Crippen molar-refractivity contribution >= 4 is 53.7 Å². The maximum Gasteiger partial charge on any atom is 0.181 e. The van der Waals surface area contributed by atoms with E-state index in [1.807, 2.05) is 38.1 Å². The minimum Gasteiger partial charge on any atom is -0.224 e. The minimum atomic E-state index is -3.82. The third-order valence-electron chi connectivity index (χ3n) is 6.91. The molecule has 0 unspecified atom stereocenters. The Morgan fingerprint density at radius 2 is 0.872 bits per heavy atom. The average Bonchev–Trinajstić information content (AvgIpc) is 3.61. The maximum absolute atomic E-state index is 14.0. The van der Waals surface area contributed by atoms with Crippen LogP contribution in [0.1, 0.15) is 101 Å². The molecule has 0 bridgehead atoms. The van der Waals surface area contributed by atoms with E-state index in [0.29, 0.717) is 22.6 Å². The van der Waals surface area contributed by atoms with E-state index >= 15 is 0 Å². The van der Waals surface area contributed by atoms with Crippen LogP contribution in [0.5, 0.6) is 0 Å². The smallest absolute Gasteiger partial charge is 0.181 e. The number of hydrogen-bond acceptors (Lipinski definition) is 7. The maximum atomic E-state index is 14.0. The van der Waals surface area contributed by atoms with Crippen LogP contribution < -0.4 is 0 Å². The van der Waals surface area contributed by atoms with Gasteiger partial charge in [0.05, 0.1) is 21.3 Å². The summed E-state index contributed by atoms with van der Waals surface area (Å²) >= 11 is 4.39. The van der Waals surface area contributed by atoms with Gasteiger partial charge in [0, 0.05) is 19.5 Å². The van der Waals surface area contributed by atoms with Gasteiger partial charge in [-0.25, -0.2) is 16.8 Å². The van der Waals surface area contributed by atoms with Crippen molar-refractivity contribution in [1.29, 1.82) is 0 Å². The Balaban J connectivity index is 2.07. The Morgan fingerprint density at radius 1 is 0.513 bits per heavy atom. The van der Waals surface area contributed by atoms with Crippen molar-refractivity contribution in [3.05, 3.63) is 34.0 Å². The summed E-state index contributed by atoms with van der Waals surface area (Å²) in [6.45, 7) is 8.31. The van der Waals surface area contributed by atoms with Crippen molar-refractivity contribution in [3.8, 4) is 19.5 Å². The monoisotopic (exact) mass is 628 g/mol. The highest BCUT2D eigenvalue weighted by molar-refractivity contribution is 7.95. The normalized spacial score (nSPS) is 12.4. The van der Waals surface area contributed by atoms with Crippen LogP contribution in [-0.4, -0.2) is 28.3 Å². The second kappa shape index (κ2) is 15.3. The fraction of sp³-hybridized carbons (Fsp3) is 0.600. The Labute approximate surface area is 248 Å². The molecular formula is C30H44O4S5. The van der Waals surface area contributed by atoms with Gasteiger partial charge in [0.1, 0.15) is 9.79 Å². The van der Waals surface area contributed by atoms with Crippen molar-refractivity contribution < 1.29 is 16.8 Å². The summed E-state index contributed by atoms with van der Waals surface area (Å²) in [5.41, 5.74) is 0. The first-order valence-corrected chi connectivity index (χ1v) is 20.1. The molecule has 0 fully saturated rings. The number of unbranched alkanes of at least 4 members (excludes halogenated alkanes) is 10. The number of rotatable bonds is 18. The molecule has 0 aliphatic carbocycles. The number of thiophene rings is 3. The number of sulfone groups is 2. The van der Waals surface area contributed by atoms with Crippen LogP contribution in [0.4, 0.5) is 0 Å². The molecule has 9 heteroatoms. The highest BCUT2D eigenvalue weighted by Gasteiger charge is 2.36. The molecule has 39 heavy (non-hydrogen) atoms. The van der Waals surface area contributed by atoms with Crippen molar-refractivity contribution in [1.82, 2.24) is 0 Å². The summed E-state index contributed by atoms with van der Waals surface area (Å²) in [7, 11) is -7.63. The molecule has 0 spiro atoms. The van der Waals surface area contributed by atoms with Crippen LogP contribution in [-0.2, 0) is 19.7 Å². The molecule has 0 saturated heterocycles. The summed E-state index contributed by atoms with van der Waals surface area (Å²) in [5.74, 6) is -0.0364. The largest absolute Gasteiger partial charge is 0.224 e. The summed E-state index contributed by atoms with van der Waals surface area (Å²) in [6.07, 6.45) is 11.6. The lowest BCUT2D eigenvalue weighted by Crippen LogP contribution is -2.15. The van der Waals surface area contributed by atoms with Gasteiger partial charge in [0.2, 0.25) is 0 Å². The van der Waals surface area contributed by atoms with E-state index in [-0.39, 0.29) is 21.3 Å². The van der Waals surface area contributed by atoms with E-state index in [4.69, 9.17) is 0 Å². The molecule has 0 atom stereocenters. The van der Waals surface area contributed by atoms with Crippen LogP contribution >= 0.6 is 34.0 Å². The molecular weight excluding hydrogens is 585 g/mol. The molecule has 0 radical (unpaired) electrons. The van der Waals surface area contributed by atoms with Gasteiger partial charge in [-0.1, -0.05) is 78.1 Å². The molecule has 0 aliphatic heterocycles. The van der Waals surface area contributed by atoms with Gasteiger partial charge in [-0.2, -0.15) is 0 Å². The van der Waals surface area contributed by atoms with E-state index < -0.39 is 19.7 Å².